The molecule has 2 heteroatoms. The van der Waals surface area contributed by atoms with Crippen LogP contribution in [0.15, 0.2) is 30.3 Å². The van der Waals surface area contributed by atoms with E-state index in [1.807, 2.05) is 18.2 Å². The predicted octanol–water partition coefficient (Wildman–Crippen LogP) is 3.36. The molecule has 2 N–H and O–H groups in total. The largest absolute Gasteiger partial charge is 0.377 e. The molecule has 1 aromatic rings. The fourth-order valence-electron chi connectivity index (χ4n) is 2.05. The van der Waals surface area contributed by atoms with Crippen LogP contribution in [0.2, 0.25) is 0 Å². The Balaban J connectivity index is 2.08. The summed E-state index contributed by atoms with van der Waals surface area (Å²) in [5, 5.41) is 0. The van der Waals surface area contributed by atoms with E-state index in [0.717, 1.165) is 26.1 Å². The Kier molecular flexibility index (Phi) is 6.90. The highest BCUT2D eigenvalue weighted by molar-refractivity contribution is 5.13. The van der Waals surface area contributed by atoms with Gasteiger partial charge in [0.05, 0.1) is 6.61 Å². The number of benzene rings is 1. The van der Waals surface area contributed by atoms with E-state index in [9.17, 15) is 0 Å². The zero-order valence-corrected chi connectivity index (χ0v) is 11.1. The Labute approximate surface area is 105 Å². The maximum absolute atomic E-state index is 5.91. The topological polar surface area (TPSA) is 35.2 Å². The molecule has 0 aliphatic carbocycles. The molecule has 0 aliphatic rings. The molecule has 96 valence electrons. The van der Waals surface area contributed by atoms with E-state index in [1.54, 1.807) is 0 Å². The SMILES string of the molecule is CCC(CCCOCc1ccccc1)C(C)N. The molecule has 0 amide bonds. The molecule has 0 bridgehead atoms. The third-order valence-electron chi connectivity index (χ3n) is 3.24. The van der Waals surface area contributed by atoms with Crippen LogP contribution in [0.5, 0.6) is 0 Å². The number of ether oxygens (including phenoxy) is 1. The molecule has 17 heavy (non-hydrogen) atoms. The summed E-state index contributed by atoms with van der Waals surface area (Å²) in [6, 6.07) is 10.6. The lowest BCUT2D eigenvalue weighted by Gasteiger charge is -2.18. The van der Waals surface area contributed by atoms with Gasteiger partial charge in [0.25, 0.3) is 0 Å². The highest BCUT2D eigenvalue weighted by atomic mass is 16.5. The maximum atomic E-state index is 5.91. The van der Waals surface area contributed by atoms with E-state index in [2.05, 4.69) is 26.0 Å². The van der Waals surface area contributed by atoms with Crippen molar-refractivity contribution < 1.29 is 4.74 Å². The molecule has 2 atom stereocenters. The minimum atomic E-state index is 0.300. The molecule has 0 aromatic heterocycles. The summed E-state index contributed by atoms with van der Waals surface area (Å²) in [4.78, 5) is 0. The average Bonchev–Trinajstić information content (AvgIpc) is 2.34. The normalized spacial score (nSPS) is 14.5. The van der Waals surface area contributed by atoms with Crippen molar-refractivity contribution >= 4 is 0 Å². The molecule has 0 fully saturated rings. The molecule has 0 heterocycles. The first-order chi connectivity index (χ1) is 8.24. The van der Waals surface area contributed by atoms with Crippen LogP contribution in [0, 0.1) is 5.92 Å². The molecule has 0 aliphatic heterocycles. The third-order valence-corrected chi connectivity index (χ3v) is 3.24. The van der Waals surface area contributed by atoms with Gasteiger partial charge in [0, 0.05) is 12.6 Å². The molecular weight excluding hydrogens is 210 g/mol. The summed E-state index contributed by atoms with van der Waals surface area (Å²) in [6.07, 6.45) is 3.44. The molecule has 2 nitrogen and oxygen atoms in total. The summed E-state index contributed by atoms with van der Waals surface area (Å²) in [7, 11) is 0. The first kappa shape index (κ1) is 14.2. The van der Waals surface area contributed by atoms with Gasteiger partial charge in [-0.05, 0) is 31.2 Å². The van der Waals surface area contributed by atoms with Crippen LogP contribution < -0.4 is 5.73 Å². The van der Waals surface area contributed by atoms with E-state index in [0.29, 0.717) is 12.0 Å². The van der Waals surface area contributed by atoms with Crippen LogP contribution in [0.4, 0.5) is 0 Å². The molecule has 1 aromatic carbocycles. The summed E-state index contributed by atoms with van der Waals surface area (Å²) in [5.74, 6) is 0.635. The van der Waals surface area contributed by atoms with Crippen molar-refractivity contribution in [1.82, 2.24) is 0 Å². The summed E-state index contributed by atoms with van der Waals surface area (Å²) >= 11 is 0. The Hall–Kier alpha value is -0.860. The van der Waals surface area contributed by atoms with Gasteiger partial charge in [0.1, 0.15) is 0 Å². The lowest BCUT2D eigenvalue weighted by atomic mass is 9.94. The monoisotopic (exact) mass is 235 g/mol. The zero-order valence-electron chi connectivity index (χ0n) is 11.1. The summed E-state index contributed by atoms with van der Waals surface area (Å²) in [5.41, 5.74) is 7.15. The van der Waals surface area contributed by atoms with Crippen LogP contribution in [0.1, 0.15) is 38.7 Å². The first-order valence-electron chi connectivity index (χ1n) is 6.61. The third kappa shape index (κ3) is 5.85. The Morgan fingerprint density at radius 3 is 2.53 bits per heavy atom. The van der Waals surface area contributed by atoms with Crippen molar-refractivity contribution in [2.24, 2.45) is 11.7 Å². The van der Waals surface area contributed by atoms with Crippen LogP contribution in [-0.4, -0.2) is 12.6 Å². The molecule has 2 unspecified atom stereocenters. The highest BCUT2D eigenvalue weighted by Crippen LogP contribution is 2.14. The Morgan fingerprint density at radius 1 is 1.24 bits per heavy atom. The van der Waals surface area contributed by atoms with Crippen LogP contribution in [0.25, 0.3) is 0 Å². The van der Waals surface area contributed by atoms with E-state index < -0.39 is 0 Å². The van der Waals surface area contributed by atoms with Crippen LogP contribution >= 0.6 is 0 Å². The lowest BCUT2D eigenvalue weighted by molar-refractivity contribution is 0.112. The van der Waals surface area contributed by atoms with Gasteiger partial charge in [0.2, 0.25) is 0 Å². The van der Waals surface area contributed by atoms with Crippen molar-refractivity contribution in [3.8, 4) is 0 Å². The van der Waals surface area contributed by atoms with Crippen molar-refractivity contribution in [3.05, 3.63) is 35.9 Å². The molecule has 0 spiro atoms. The Morgan fingerprint density at radius 2 is 1.94 bits per heavy atom. The fraction of sp³-hybridized carbons (Fsp3) is 0.600. The average molecular weight is 235 g/mol. The van der Waals surface area contributed by atoms with Crippen molar-refractivity contribution in [2.45, 2.75) is 45.8 Å². The first-order valence-corrected chi connectivity index (χ1v) is 6.61. The van der Waals surface area contributed by atoms with Gasteiger partial charge in [0.15, 0.2) is 0 Å². The maximum Gasteiger partial charge on any atom is 0.0716 e. The molecule has 1 rings (SSSR count). The van der Waals surface area contributed by atoms with E-state index >= 15 is 0 Å². The van der Waals surface area contributed by atoms with Gasteiger partial charge >= 0.3 is 0 Å². The van der Waals surface area contributed by atoms with Crippen LogP contribution in [0.3, 0.4) is 0 Å². The molecule has 0 saturated carbocycles. The van der Waals surface area contributed by atoms with Crippen molar-refractivity contribution in [2.75, 3.05) is 6.61 Å². The summed E-state index contributed by atoms with van der Waals surface area (Å²) < 4.78 is 5.65. The van der Waals surface area contributed by atoms with Gasteiger partial charge in [-0.3, -0.25) is 0 Å². The molecular formula is C15H25NO. The van der Waals surface area contributed by atoms with E-state index in [-0.39, 0.29) is 0 Å². The van der Waals surface area contributed by atoms with Gasteiger partial charge < -0.3 is 10.5 Å². The van der Waals surface area contributed by atoms with Crippen molar-refractivity contribution in [1.29, 1.82) is 0 Å². The minimum absolute atomic E-state index is 0.300. The van der Waals surface area contributed by atoms with Gasteiger partial charge in [-0.25, -0.2) is 0 Å². The second kappa shape index (κ2) is 8.26. The van der Waals surface area contributed by atoms with E-state index in [4.69, 9.17) is 10.5 Å². The number of hydrogen-bond donors (Lipinski definition) is 1. The van der Waals surface area contributed by atoms with Crippen molar-refractivity contribution in [3.63, 3.8) is 0 Å². The summed E-state index contributed by atoms with van der Waals surface area (Å²) in [6.45, 7) is 5.85. The van der Waals surface area contributed by atoms with Gasteiger partial charge in [-0.15, -0.1) is 0 Å². The number of nitrogens with two attached hydrogens (primary N) is 1. The molecule has 0 saturated heterocycles. The fourth-order valence-corrected chi connectivity index (χ4v) is 2.05. The second-order valence-electron chi connectivity index (χ2n) is 4.71. The quantitative estimate of drug-likeness (QED) is 0.701. The lowest BCUT2D eigenvalue weighted by Crippen LogP contribution is -2.26. The standard InChI is InChI=1S/C15H25NO/c1-3-15(13(2)16)10-7-11-17-12-14-8-5-4-6-9-14/h4-6,8-9,13,15H,3,7,10-12,16H2,1-2H3. The minimum Gasteiger partial charge on any atom is -0.377 e. The number of rotatable bonds is 8. The molecule has 0 radical (unpaired) electrons. The van der Waals surface area contributed by atoms with Gasteiger partial charge in [-0.1, -0.05) is 43.7 Å². The predicted molar refractivity (Wildman–Crippen MR) is 72.8 cm³/mol. The Bertz CT molecular complexity index is 284. The van der Waals surface area contributed by atoms with Crippen LogP contribution in [-0.2, 0) is 11.3 Å². The van der Waals surface area contributed by atoms with E-state index in [1.165, 1.54) is 12.0 Å². The zero-order chi connectivity index (χ0) is 12.5. The number of hydrogen-bond acceptors (Lipinski definition) is 2. The smallest absolute Gasteiger partial charge is 0.0716 e. The second-order valence-corrected chi connectivity index (χ2v) is 4.71. The van der Waals surface area contributed by atoms with Gasteiger partial charge in [-0.2, -0.15) is 0 Å². The highest BCUT2D eigenvalue weighted by Gasteiger charge is 2.10.